The molecule has 7 heteroatoms. The fourth-order valence-electron chi connectivity index (χ4n) is 1.63. The fourth-order valence-corrected chi connectivity index (χ4v) is 1.63. The Morgan fingerprint density at radius 2 is 1.73 bits per heavy atom. The molecule has 0 spiro atoms. The van der Waals surface area contributed by atoms with Crippen molar-refractivity contribution in [2.45, 2.75) is 13.8 Å². The van der Waals surface area contributed by atoms with Crippen molar-refractivity contribution >= 4 is 17.6 Å². The lowest BCUT2D eigenvalue weighted by Gasteiger charge is -2.13. The normalized spacial score (nSPS) is 9.95. The van der Waals surface area contributed by atoms with Crippen molar-refractivity contribution in [3.05, 3.63) is 18.2 Å². The number of amides is 1. The second kappa shape index (κ2) is 9.62. The molecule has 0 aromatic heterocycles. The quantitative estimate of drug-likeness (QED) is 0.698. The molecule has 0 bridgehead atoms. The van der Waals surface area contributed by atoms with E-state index in [2.05, 4.69) is 10.1 Å². The zero-order valence-electron chi connectivity index (χ0n) is 13.0. The van der Waals surface area contributed by atoms with Gasteiger partial charge in [-0.2, -0.15) is 0 Å². The maximum absolute atomic E-state index is 11.7. The van der Waals surface area contributed by atoms with Crippen LogP contribution in [0.1, 0.15) is 13.8 Å². The van der Waals surface area contributed by atoms with Crippen molar-refractivity contribution in [2.75, 3.05) is 38.9 Å². The second-order valence-electron chi connectivity index (χ2n) is 4.17. The molecule has 0 unspecified atom stereocenters. The summed E-state index contributed by atoms with van der Waals surface area (Å²) in [7, 11) is 1.37. The van der Waals surface area contributed by atoms with Crippen LogP contribution in [0, 0.1) is 0 Å². The van der Waals surface area contributed by atoms with Gasteiger partial charge in [0.1, 0.15) is 6.61 Å². The molecule has 1 rings (SSSR count). The van der Waals surface area contributed by atoms with E-state index >= 15 is 0 Å². The van der Waals surface area contributed by atoms with Crippen LogP contribution in [0.4, 0.5) is 5.69 Å². The van der Waals surface area contributed by atoms with Crippen LogP contribution < -0.4 is 14.8 Å². The van der Waals surface area contributed by atoms with Crippen LogP contribution in [0.15, 0.2) is 18.2 Å². The Morgan fingerprint density at radius 3 is 2.36 bits per heavy atom. The third-order valence-corrected chi connectivity index (χ3v) is 2.45. The van der Waals surface area contributed by atoms with E-state index in [1.165, 1.54) is 7.11 Å². The van der Waals surface area contributed by atoms with Crippen LogP contribution in [0.3, 0.4) is 0 Å². The highest BCUT2D eigenvalue weighted by atomic mass is 16.6. The number of anilines is 1. The summed E-state index contributed by atoms with van der Waals surface area (Å²) in [6.45, 7) is 4.16. The van der Waals surface area contributed by atoms with Gasteiger partial charge >= 0.3 is 5.97 Å². The number of ether oxygens (including phenoxy) is 4. The molecule has 22 heavy (non-hydrogen) atoms. The summed E-state index contributed by atoms with van der Waals surface area (Å²) in [4.78, 5) is 22.8. The van der Waals surface area contributed by atoms with Gasteiger partial charge in [0, 0.05) is 18.9 Å². The van der Waals surface area contributed by atoms with Gasteiger partial charge in [0.2, 0.25) is 0 Å². The number of carbonyl (C=O) groups is 2. The van der Waals surface area contributed by atoms with E-state index in [4.69, 9.17) is 14.2 Å². The number of hydrogen-bond acceptors (Lipinski definition) is 6. The number of rotatable bonds is 9. The molecule has 1 amide bonds. The van der Waals surface area contributed by atoms with Crippen molar-refractivity contribution < 1.29 is 28.5 Å². The SMILES string of the molecule is CCOc1ccc(NC(=O)COC(=O)COC)cc1OCC. The standard InChI is InChI=1S/C15H21NO6/c1-4-20-12-7-6-11(8-13(12)21-5-2)16-14(17)9-22-15(18)10-19-3/h6-8H,4-5,9-10H2,1-3H3,(H,16,17). The van der Waals surface area contributed by atoms with Crippen molar-refractivity contribution in [1.29, 1.82) is 0 Å². The smallest absolute Gasteiger partial charge is 0.332 e. The van der Waals surface area contributed by atoms with Gasteiger partial charge in [-0.25, -0.2) is 4.79 Å². The molecule has 0 fully saturated rings. The first-order chi connectivity index (χ1) is 10.6. The summed E-state index contributed by atoms with van der Waals surface area (Å²) >= 11 is 0. The van der Waals surface area contributed by atoms with Crippen LogP contribution in [-0.2, 0) is 19.1 Å². The summed E-state index contributed by atoms with van der Waals surface area (Å²) in [6, 6.07) is 5.05. The maximum Gasteiger partial charge on any atom is 0.332 e. The summed E-state index contributed by atoms with van der Waals surface area (Å²) in [5.74, 6) is 0.0998. The minimum atomic E-state index is -0.598. The molecule has 1 aromatic rings. The van der Waals surface area contributed by atoms with Gasteiger partial charge in [-0.05, 0) is 26.0 Å². The average Bonchev–Trinajstić information content (AvgIpc) is 2.49. The maximum atomic E-state index is 11.7. The van der Waals surface area contributed by atoms with Crippen molar-refractivity contribution in [3.63, 3.8) is 0 Å². The molecule has 0 saturated carbocycles. The second-order valence-corrected chi connectivity index (χ2v) is 4.17. The summed E-state index contributed by atoms with van der Waals surface area (Å²) in [5, 5.41) is 2.61. The lowest BCUT2D eigenvalue weighted by Crippen LogP contribution is -2.22. The predicted octanol–water partition coefficient (Wildman–Crippen LogP) is 1.61. The number of hydrogen-bond donors (Lipinski definition) is 1. The molecular formula is C15H21NO6. The summed E-state index contributed by atoms with van der Waals surface area (Å²) in [6.07, 6.45) is 0. The van der Waals surface area contributed by atoms with Crippen molar-refractivity contribution in [3.8, 4) is 11.5 Å². The zero-order chi connectivity index (χ0) is 16.4. The molecule has 0 atom stereocenters. The minimum absolute atomic E-state index is 0.190. The van der Waals surface area contributed by atoms with Crippen LogP contribution in [0.5, 0.6) is 11.5 Å². The molecule has 0 aliphatic carbocycles. The number of carbonyl (C=O) groups excluding carboxylic acids is 2. The Kier molecular flexibility index (Phi) is 7.77. The van der Waals surface area contributed by atoms with E-state index in [1.807, 2.05) is 13.8 Å². The number of methoxy groups -OCH3 is 1. The van der Waals surface area contributed by atoms with E-state index in [-0.39, 0.29) is 13.2 Å². The Morgan fingerprint density at radius 1 is 1.05 bits per heavy atom. The first-order valence-electron chi connectivity index (χ1n) is 6.94. The zero-order valence-corrected chi connectivity index (χ0v) is 13.0. The van der Waals surface area contributed by atoms with Gasteiger partial charge in [0.05, 0.1) is 13.2 Å². The van der Waals surface area contributed by atoms with Crippen LogP contribution in [0.25, 0.3) is 0 Å². The number of esters is 1. The molecule has 0 aliphatic rings. The first kappa shape index (κ1) is 17.8. The van der Waals surface area contributed by atoms with Gasteiger partial charge < -0.3 is 24.3 Å². The van der Waals surface area contributed by atoms with E-state index in [9.17, 15) is 9.59 Å². The van der Waals surface area contributed by atoms with Crippen LogP contribution in [-0.4, -0.2) is 45.4 Å². The first-order valence-corrected chi connectivity index (χ1v) is 6.94. The van der Waals surface area contributed by atoms with Crippen LogP contribution in [0.2, 0.25) is 0 Å². The molecule has 7 nitrogen and oxygen atoms in total. The van der Waals surface area contributed by atoms with E-state index < -0.39 is 11.9 Å². The molecular weight excluding hydrogens is 290 g/mol. The number of nitrogens with one attached hydrogen (secondary N) is 1. The van der Waals surface area contributed by atoms with E-state index in [1.54, 1.807) is 18.2 Å². The predicted molar refractivity (Wildman–Crippen MR) is 80.2 cm³/mol. The average molecular weight is 311 g/mol. The van der Waals surface area contributed by atoms with Crippen molar-refractivity contribution in [2.24, 2.45) is 0 Å². The monoisotopic (exact) mass is 311 g/mol. The fraction of sp³-hybridized carbons (Fsp3) is 0.467. The van der Waals surface area contributed by atoms with Gasteiger partial charge in [0.15, 0.2) is 18.1 Å². The van der Waals surface area contributed by atoms with Crippen LogP contribution >= 0.6 is 0 Å². The molecule has 0 heterocycles. The molecule has 1 aromatic carbocycles. The molecule has 1 N–H and O–H groups in total. The van der Waals surface area contributed by atoms with Gasteiger partial charge in [-0.3, -0.25) is 4.79 Å². The largest absolute Gasteiger partial charge is 0.490 e. The molecule has 0 radical (unpaired) electrons. The summed E-state index contributed by atoms with van der Waals surface area (Å²) in [5.41, 5.74) is 0.527. The van der Waals surface area contributed by atoms with Crippen molar-refractivity contribution in [1.82, 2.24) is 0 Å². The molecule has 0 aliphatic heterocycles. The summed E-state index contributed by atoms with van der Waals surface area (Å²) < 4.78 is 20.2. The van der Waals surface area contributed by atoms with Gasteiger partial charge in [-0.15, -0.1) is 0 Å². The molecule has 122 valence electrons. The highest BCUT2D eigenvalue weighted by molar-refractivity contribution is 5.93. The Hall–Kier alpha value is -2.28. The third-order valence-electron chi connectivity index (χ3n) is 2.45. The van der Waals surface area contributed by atoms with Gasteiger partial charge in [-0.1, -0.05) is 0 Å². The van der Waals surface area contributed by atoms with E-state index in [0.717, 1.165) is 0 Å². The molecule has 0 saturated heterocycles. The highest BCUT2D eigenvalue weighted by Gasteiger charge is 2.10. The van der Waals surface area contributed by atoms with Gasteiger partial charge in [0.25, 0.3) is 5.91 Å². The Bertz CT molecular complexity index is 503. The Labute approximate surface area is 129 Å². The van der Waals surface area contributed by atoms with E-state index in [0.29, 0.717) is 30.4 Å². The minimum Gasteiger partial charge on any atom is -0.490 e. The number of benzene rings is 1. The topological polar surface area (TPSA) is 83.1 Å². The third kappa shape index (κ3) is 6.01. The Balaban J connectivity index is 2.62. The highest BCUT2D eigenvalue weighted by Crippen LogP contribution is 2.30. The lowest BCUT2D eigenvalue weighted by atomic mass is 10.2. The lowest BCUT2D eigenvalue weighted by molar-refractivity contribution is -0.150.